The van der Waals surface area contributed by atoms with Crippen molar-refractivity contribution in [2.75, 3.05) is 31.1 Å². The molecule has 1 aromatic heterocycles. The first-order valence-corrected chi connectivity index (χ1v) is 7.67. The highest BCUT2D eigenvalue weighted by Crippen LogP contribution is 2.24. The molecular formula is C14H21ClN4. The van der Waals surface area contributed by atoms with Crippen molar-refractivity contribution in [1.82, 2.24) is 14.9 Å². The number of nitrogens with zero attached hydrogens (tertiary/aromatic N) is 4. The van der Waals surface area contributed by atoms with Crippen molar-refractivity contribution in [2.24, 2.45) is 0 Å². The van der Waals surface area contributed by atoms with Gasteiger partial charge in [0.15, 0.2) is 0 Å². The molecule has 19 heavy (non-hydrogen) atoms. The monoisotopic (exact) mass is 280 g/mol. The summed E-state index contributed by atoms with van der Waals surface area (Å²) in [6.45, 7) is 4.74. The largest absolute Gasteiger partial charge is 0.337 e. The van der Waals surface area contributed by atoms with Gasteiger partial charge in [-0.3, -0.25) is 0 Å². The van der Waals surface area contributed by atoms with Crippen LogP contribution in [0.15, 0.2) is 12.4 Å². The Hall–Kier alpha value is -0.870. The number of hydrogen-bond donors (Lipinski definition) is 0. The molecule has 0 spiro atoms. The predicted molar refractivity (Wildman–Crippen MR) is 77.7 cm³/mol. The van der Waals surface area contributed by atoms with E-state index >= 15 is 0 Å². The molecule has 0 amide bonds. The number of likely N-dealkylation sites (tertiary alicyclic amines) is 1. The zero-order chi connectivity index (χ0) is 13.1. The van der Waals surface area contributed by atoms with Crippen LogP contribution in [0.4, 0.5) is 5.95 Å². The molecule has 0 aromatic carbocycles. The predicted octanol–water partition coefficient (Wildman–Crippen LogP) is 2.58. The summed E-state index contributed by atoms with van der Waals surface area (Å²) in [6, 6.07) is 0.569. The van der Waals surface area contributed by atoms with Gasteiger partial charge in [0, 0.05) is 19.1 Å². The molecule has 3 rings (SSSR count). The van der Waals surface area contributed by atoms with Crippen molar-refractivity contribution in [3.63, 3.8) is 0 Å². The number of piperidine rings is 1. The van der Waals surface area contributed by atoms with Crippen LogP contribution in [0.5, 0.6) is 0 Å². The van der Waals surface area contributed by atoms with E-state index in [1.807, 2.05) is 0 Å². The van der Waals surface area contributed by atoms with Crippen LogP contribution in [0.25, 0.3) is 0 Å². The molecule has 5 heteroatoms. The van der Waals surface area contributed by atoms with Gasteiger partial charge in [0.2, 0.25) is 5.95 Å². The Bertz CT molecular complexity index is 402. The average Bonchev–Trinajstić information content (AvgIpc) is 2.89. The first-order valence-electron chi connectivity index (χ1n) is 7.29. The number of aromatic nitrogens is 2. The Morgan fingerprint density at radius 2 is 1.79 bits per heavy atom. The minimum atomic E-state index is 0.569. The fraction of sp³-hybridized carbons (Fsp3) is 0.714. The molecule has 3 heterocycles. The van der Waals surface area contributed by atoms with Crippen molar-refractivity contribution in [2.45, 2.75) is 38.1 Å². The van der Waals surface area contributed by atoms with Crippen molar-refractivity contribution >= 4 is 17.5 Å². The summed E-state index contributed by atoms with van der Waals surface area (Å²) < 4.78 is 0. The number of halogens is 1. The molecule has 104 valence electrons. The van der Waals surface area contributed by atoms with Crippen LogP contribution in [0.3, 0.4) is 0 Å². The van der Waals surface area contributed by atoms with Crippen LogP contribution in [0.2, 0.25) is 5.02 Å². The Kier molecular flexibility index (Phi) is 4.18. The quantitative estimate of drug-likeness (QED) is 0.852. The Morgan fingerprint density at radius 3 is 2.53 bits per heavy atom. The highest BCUT2D eigenvalue weighted by atomic mass is 35.5. The standard InChI is InChI=1S/C14H21ClN4/c15-12-9-16-14(17-10-12)19-8-4-5-13(19)11-18-6-2-1-3-7-18/h9-10,13H,1-8,11H2. The zero-order valence-electron chi connectivity index (χ0n) is 11.3. The van der Waals surface area contributed by atoms with Crippen LogP contribution < -0.4 is 4.90 Å². The highest BCUT2D eigenvalue weighted by Gasteiger charge is 2.28. The number of hydrogen-bond acceptors (Lipinski definition) is 4. The molecule has 0 radical (unpaired) electrons. The van der Waals surface area contributed by atoms with Gasteiger partial charge < -0.3 is 9.80 Å². The SMILES string of the molecule is Clc1cnc(N2CCCC2CN2CCCCC2)nc1. The van der Waals surface area contributed by atoms with Crippen LogP contribution in [0.1, 0.15) is 32.1 Å². The normalized spacial score (nSPS) is 24.9. The molecular weight excluding hydrogens is 260 g/mol. The van der Waals surface area contributed by atoms with E-state index in [4.69, 9.17) is 11.6 Å². The maximum absolute atomic E-state index is 5.86. The first-order chi connectivity index (χ1) is 9.33. The molecule has 2 saturated heterocycles. The van der Waals surface area contributed by atoms with Crippen molar-refractivity contribution in [3.8, 4) is 0 Å². The zero-order valence-corrected chi connectivity index (χ0v) is 12.0. The lowest BCUT2D eigenvalue weighted by atomic mass is 10.1. The summed E-state index contributed by atoms with van der Waals surface area (Å²) in [6.07, 6.45) is 9.98. The second-order valence-corrected chi connectivity index (χ2v) is 5.99. The van der Waals surface area contributed by atoms with Crippen molar-refractivity contribution in [1.29, 1.82) is 0 Å². The van der Waals surface area contributed by atoms with Gasteiger partial charge in [0.05, 0.1) is 17.4 Å². The number of rotatable bonds is 3. The third kappa shape index (κ3) is 3.18. The van der Waals surface area contributed by atoms with Gasteiger partial charge in [0.1, 0.15) is 0 Å². The van der Waals surface area contributed by atoms with E-state index < -0.39 is 0 Å². The average molecular weight is 281 g/mol. The van der Waals surface area contributed by atoms with Gasteiger partial charge in [-0.15, -0.1) is 0 Å². The van der Waals surface area contributed by atoms with Crippen LogP contribution in [0, 0.1) is 0 Å². The van der Waals surface area contributed by atoms with Crippen molar-refractivity contribution < 1.29 is 0 Å². The topological polar surface area (TPSA) is 32.3 Å². The lowest BCUT2D eigenvalue weighted by molar-refractivity contribution is 0.216. The Morgan fingerprint density at radius 1 is 1.05 bits per heavy atom. The molecule has 2 aliphatic rings. The van der Waals surface area contributed by atoms with E-state index in [1.165, 1.54) is 45.2 Å². The summed E-state index contributed by atoms with van der Waals surface area (Å²) >= 11 is 5.86. The molecule has 0 bridgehead atoms. The number of anilines is 1. The summed E-state index contributed by atoms with van der Waals surface area (Å²) in [4.78, 5) is 13.7. The molecule has 4 nitrogen and oxygen atoms in total. The summed E-state index contributed by atoms with van der Waals surface area (Å²) in [5, 5.41) is 0.607. The molecule has 0 saturated carbocycles. The van der Waals surface area contributed by atoms with E-state index in [1.54, 1.807) is 12.4 Å². The molecule has 1 unspecified atom stereocenters. The smallest absolute Gasteiger partial charge is 0.225 e. The van der Waals surface area contributed by atoms with Gasteiger partial charge in [0.25, 0.3) is 0 Å². The lowest BCUT2D eigenvalue weighted by Gasteiger charge is -2.32. The maximum atomic E-state index is 5.86. The second-order valence-electron chi connectivity index (χ2n) is 5.55. The van der Waals surface area contributed by atoms with E-state index in [9.17, 15) is 0 Å². The van der Waals surface area contributed by atoms with E-state index in [2.05, 4.69) is 19.8 Å². The van der Waals surface area contributed by atoms with Gasteiger partial charge in [-0.2, -0.15) is 0 Å². The molecule has 2 aliphatic heterocycles. The Labute approximate surface area is 119 Å². The first kappa shape index (κ1) is 13.1. The fourth-order valence-corrected chi connectivity index (χ4v) is 3.28. The summed E-state index contributed by atoms with van der Waals surface area (Å²) in [7, 11) is 0. The third-order valence-electron chi connectivity index (χ3n) is 4.16. The van der Waals surface area contributed by atoms with Crippen LogP contribution >= 0.6 is 11.6 Å². The van der Waals surface area contributed by atoms with Gasteiger partial charge in [-0.05, 0) is 38.8 Å². The Balaban J connectivity index is 1.65. The van der Waals surface area contributed by atoms with E-state index in [-0.39, 0.29) is 0 Å². The maximum Gasteiger partial charge on any atom is 0.225 e. The van der Waals surface area contributed by atoms with E-state index in [0.29, 0.717) is 11.1 Å². The summed E-state index contributed by atoms with van der Waals surface area (Å²) in [5.74, 6) is 0.837. The third-order valence-corrected chi connectivity index (χ3v) is 4.35. The van der Waals surface area contributed by atoms with Crippen molar-refractivity contribution in [3.05, 3.63) is 17.4 Å². The fourth-order valence-electron chi connectivity index (χ4n) is 3.18. The molecule has 0 N–H and O–H groups in total. The lowest BCUT2D eigenvalue weighted by Crippen LogP contribution is -2.43. The van der Waals surface area contributed by atoms with E-state index in [0.717, 1.165) is 19.0 Å². The van der Waals surface area contributed by atoms with Gasteiger partial charge >= 0.3 is 0 Å². The summed E-state index contributed by atoms with van der Waals surface area (Å²) in [5.41, 5.74) is 0. The minimum Gasteiger partial charge on any atom is -0.337 e. The molecule has 1 atom stereocenters. The van der Waals surface area contributed by atoms with Crippen LogP contribution in [-0.2, 0) is 0 Å². The second kappa shape index (κ2) is 6.06. The highest BCUT2D eigenvalue weighted by molar-refractivity contribution is 6.30. The molecule has 0 aliphatic carbocycles. The van der Waals surface area contributed by atoms with Gasteiger partial charge in [-0.1, -0.05) is 18.0 Å². The van der Waals surface area contributed by atoms with Crippen LogP contribution in [-0.4, -0.2) is 47.1 Å². The minimum absolute atomic E-state index is 0.569. The molecule has 1 aromatic rings. The van der Waals surface area contributed by atoms with Gasteiger partial charge in [-0.25, -0.2) is 9.97 Å². The molecule has 2 fully saturated rings.